The quantitative estimate of drug-likeness (QED) is 0.573. The van der Waals surface area contributed by atoms with Crippen LogP contribution in [0.2, 0.25) is 0 Å². The van der Waals surface area contributed by atoms with E-state index in [1.807, 2.05) is 0 Å². The predicted molar refractivity (Wildman–Crippen MR) is 40.6 cm³/mol. The van der Waals surface area contributed by atoms with Gasteiger partial charge in [0.15, 0.2) is 0 Å². The summed E-state index contributed by atoms with van der Waals surface area (Å²) in [5, 5.41) is 2.86. The number of allylic oxidation sites excluding steroid dienone is 1. The number of rotatable bonds is 2. The summed E-state index contributed by atoms with van der Waals surface area (Å²) in [5.41, 5.74) is 0. The van der Waals surface area contributed by atoms with Gasteiger partial charge in [0.05, 0.1) is 0 Å². The van der Waals surface area contributed by atoms with E-state index < -0.39 is 0 Å². The van der Waals surface area contributed by atoms with Gasteiger partial charge >= 0.3 is 0 Å². The molecule has 56 valence electrons. The van der Waals surface area contributed by atoms with Crippen molar-refractivity contribution in [1.29, 1.82) is 0 Å². The predicted octanol–water partition coefficient (Wildman–Crippen LogP) is 1.23. The van der Waals surface area contributed by atoms with Crippen LogP contribution in [0, 0.1) is 0 Å². The summed E-state index contributed by atoms with van der Waals surface area (Å²) < 4.78 is 0. The van der Waals surface area contributed by atoms with E-state index in [1.54, 1.807) is 0 Å². The summed E-state index contributed by atoms with van der Waals surface area (Å²) in [6, 6.07) is 0.312. The van der Waals surface area contributed by atoms with Crippen molar-refractivity contribution in [2.75, 3.05) is 0 Å². The standard InChI is InChI=1S/C8H13NO/c1-2-3-4-7-5-6-8(10)9-7/h3-4,7H,2,5-6H2,1H3,(H,9,10)/b4-3-. The molecule has 1 aliphatic heterocycles. The first-order valence-corrected chi connectivity index (χ1v) is 3.79. The van der Waals surface area contributed by atoms with Crippen LogP contribution in [0.15, 0.2) is 12.2 Å². The minimum absolute atomic E-state index is 0.186. The molecule has 0 spiro atoms. The van der Waals surface area contributed by atoms with E-state index in [0.717, 1.165) is 12.8 Å². The summed E-state index contributed by atoms with van der Waals surface area (Å²) in [6.45, 7) is 2.09. The van der Waals surface area contributed by atoms with Crippen LogP contribution >= 0.6 is 0 Å². The molecule has 10 heavy (non-hydrogen) atoms. The van der Waals surface area contributed by atoms with Crippen molar-refractivity contribution in [2.24, 2.45) is 0 Å². The highest BCUT2D eigenvalue weighted by molar-refractivity contribution is 5.78. The average molecular weight is 139 g/mol. The fourth-order valence-electron chi connectivity index (χ4n) is 1.08. The van der Waals surface area contributed by atoms with E-state index in [0.29, 0.717) is 12.5 Å². The van der Waals surface area contributed by atoms with Crippen molar-refractivity contribution in [2.45, 2.75) is 32.2 Å². The molecular formula is C8H13NO. The second-order valence-corrected chi connectivity index (χ2v) is 2.55. The normalized spacial score (nSPS) is 25.7. The molecule has 0 aromatic heterocycles. The Kier molecular flexibility index (Phi) is 2.49. The van der Waals surface area contributed by atoms with Crippen LogP contribution in [0.5, 0.6) is 0 Å². The largest absolute Gasteiger partial charge is 0.350 e. The Labute approximate surface area is 61.3 Å². The summed E-state index contributed by atoms with van der Waals surface area (Å²) in [7, 11) is 0. The number of hydrogen-bond donors (Lipinski definition) is 1. The molecule has 1 amide bonds. The fraction of sp³-hybridized carbons (Fsp3) is 0.625. The zero-order chi connectivity index (χ0) is 7.40. The highest BCUT2D eigenvalue weighted by Gasteiger charge is 2.16. The highest BCUT2D eigenvalue weighted by atomic mass is 16.1. The smallest absolute Gasteiger partial charge is 0.220 e. The third-order valence-corrected chi connectivity index (χ3v) is 1.63. The molecule has 0 saturated carbocycles. The second-order valence-electron chi connectivity index (χ2n) is 2.55. The molecule has 1 saturated heterocycles. The summed E-state index contributed by atoms with van der Waals surface area (Å²) in [4.78, 5) is 10.7. The van der Waals surface area contributed by atoms with Gasteiger partial charge in [0.2, 0.25) is 5.91 Å². The summed E-state index contributed by atoms with van der Waals surface area (Å²) in [5.74, 6) is 0.186. The zero-order valence-electron chi connectivity index (χ0n) is 6.26. The molecule has 1 unspecified atom stereocenters. The van der Waals surface area contributed by atoms with E-state index >= 15 is 0 Å². The highest BCUT2D eigenvalue weighted by Crippen LogP contribution is 2.07. The first-order valence-electron chi connectivity index (χ1n) is 3.79. The maximum absolute atomic E-state index is 10.7. The Morgan fingerprint density at radius 3 is 3.10 bits per heavy atom. The third kappa shape index (κ3) is 1.87. The first-order chi connectivity index (χ1) is 4.83. The summed E-state index contributed by atoms with van der Waals surface area (Å²) >= 11 is 0. The maximum Gasteiger partial charge on any atom is 0.220 e. The van der Waals surface area contributed by atoms with Crippen LogP contribution in [-0.2, 0) is 4.79 Å². The summed E-state index contributed by atoms with van der Waals surface area (Å²) in [6.07, 6.45) is 6.88. The Morgan fingerprint density at radius 1 is 1.80 bits per heavy atom. The molecule has 0 aliphatic carbocycles. The lowest BCUT2D eigenvalue weighted by Gasteiger charge is -2.00. The van der Waals surface area contributed by atoms with Gasteiger partial charge in [-0.05, 0) is 12.8 Å². The van der Waals surface area contributed by atoms with E-state index in [2.05, 4.69) is 24.4 Å². The van der Waals surface area contributed by atoms with Crippen molar-refractivity contribution in [3.8, 4) is 0 Å². The van der Waals surface area contributed by atoms with Gasteiger partial charge in [-0.25, -0.2) is 0 Å². The molecule has 2 heteroatoms. The molecule has 0 bridgehead atoms. The molecule has 0 aromatic carbocycles. The van der Waals surface area contributed by atoms with E-state index in [9.17, 15) is 4.79 Å². The monoisotopic (exact) mass is 139 g/mol. The molecule has 1 atom stereocenters. The lowest BCUT2D eigenvalue weighted by molar-refractivity contribution is -0.119. The maximum atomic E-state index is 10.7. The first kappa shape index (κ1) is 7.32. The van der Waals surface area contributed by atoms with Crippen molar-refractivity contribution < 1.29 is 4.79 Å². The van der Waals surface area contributed by atoms with Gasteiger partial charge < -0.3 is 5.32 Å². The number of carbonyl (C=O) groups excluding carboxylic acids is 1. The van der Waals surface area contributed by atoms with Gasteiger partial charge in [-0.2, -0.15) is 0 Å². The van der Waals surface area contributed by atoms with Crippen molar-refractivity contribution in [3.63, 3.8) is 0 Å². The zero-order valence-corrected chi connectivity index (χ0v) is 6.26. The second kappa shape index (κ2) is 3.40. The number of carbonyl (C=O) groups is 1. The average Bonchev–Trinajstić information content (AvgIpc) is 2.31. The van der Waals surface area contributed by atoms with Gasteiger partial charge in [0, 0.05) is 12.5 Å². The van der Waals surface area contributed by atoms with E-state index in [4.69, 9.17) is 0 Å². The van der Waals surface area contributed by atoms with E-state index in [1.165, 1.54) is 0 Å². The van der Waals surface area contributed by atoms with Crippen LogP contribution in [0.4, 0.5) is 0 Å². The number of nitrogens with one attached hydrogen (secondary N) is 1. The van der Waals surface area contributed by atoms with Crippen molar-refractivity contribution in [3.05, 3.63) is 12.2 Å². The van der Waals surface area contributed by atoms with Crippen molar-refractivity contribution >= 4 is 5.91 Å². The third-order valence-electron chi connectivity index (χ3n) is 1.63. The minimum atomic E-state index is 0.186. The molecule has 1 fully saturated rings. The molecule has 0 aromatic rings. The Morgan fingerprint density at radius 2 is 2.60 bits per heavy atom. The van der Waals surface area contributed by atoms with Crippen LogP contribution in [0.25, 0.3) is 0 Å². The molecule has 1 aliphatic rings. The lowest BCUT2D eigenvalue weighted by atomic mass is 10.2. The lowest BCUT2D eigenvalue weighted by Crippen LogP contribution is -2.22. The van der Waals surface area contributed by atoms with Crippen molar-refractivity contribution in [1.82, 2.24) is 5.32 Å². The fourth-order valence-corrected chi connectivity index (χ4v) is 1.08. The SMILES string of the molecule is CC/C=C\C1CCC(=O)N1. The molecule has 1 N–H and O–H groups in total. The van der Waals surface area contributed by atoms with Gasteiger partial charge in [-0.3, -0.25) is 4.79 Å². The molecule has 1 rings (SSSR count). The minimum Gasteiger partial charge on any atom is -0.350 e. The van der Waals surface area contributed by atoms with Crippen LogP contribution < -0.4 is 5.32 Å². The van der Waals surface area contributed by atoms with Crippen LogP contribution in [0.3, 0.4) is 0 Å². The molecule has 2 nitrogen and oxygen atoms in total. The number of hydrogen-bond acceptors (Lipinski definition) is 1. The Bertz CT molecular complexity index is 151. The topological polar surface area (TPSA) is 29.1 Å². The van der Waals surface area contributed by atoms with Crippen LogP contribution in [0.1, 0.15) is 26.2 Å². The van der Waals surface area contributed by atoms with Gasteiger partial charge in [-0.15, -0.1) is 0 Å². The Balaban J connectivity index is 2.31. The van der Waals surface area contributed by atoms with Gasteiger partial charge in [0.25, 0.3) is 0 Å². The van der Waals surface area contributed by atoms with Gasteiger partial charge in [-0.1, -0.05) is 19.1 Å². The number of amides is 1. The van der Waals surface area contributed by atoms with E-state index in [-0.39, 0.29) is 5.91 Å². The molecular weight excluding hydrogens is 126 g/mol. The molecule has 0 radical (unpaired) electrons. The van der Waals surface area contributed by atoms with Gasteiger partial charge in [0.1, 0.15) is 0 Å². The van der Waals surface area contributed by atoms with Crippen LogP contribution in [-0.4, -0.2) is 11.9 Å². The Hall–Kier alpha value is -0.790. The molecule has 1 heterocycles.